The van der Waals surface area contributed by atoms with Crippen molar-refractivity contribution in [3.63, 3.8) is 0 Å². The number of nitrogens with zero attached hydrogens (tertiary/aromatic N) is 3. The number of carbonyl (C=O) groups is 4. The fourth-order valence-electron chi connectivity index (χ4n) is 4.56. The van der Waals surface area contributed by atoms with Gasteiger partial charge in [0.2, 0.25) is 23.6 Å². The van der Waals surface area contributed by atoms with Crippen LogP contribution in [-0.2, 0) is 30.3 Å². The third-order valence-corrected chi connectivity index (χ3v) is 7.23. The lowest BCUT2D eigenvalue weighted by Crippen LogP contribution is -2.58. The van der Waals surface area contributed by atoms with Gasteiger partial charge in [0.25, 0.3) is 0 Å². The highest BCUT2D eigenvalue weighted by atomic mass is 16.5. The van der Waals surface area contributed by atoms with Crippen molar-refractivity contribution in [3.05, 3.63) is 30.1 Å². The van der Waals surface area contributed by atoms with E-state index < -0.39 is 47.9 Å². The van der Waals surface area contributed by atoms with Crippen LogP contribution in [0.4, 0.5) is 0 Å². The molecule has 11 heteroatoms. The maximum absolute atomic E-state index is 13.4. The number of aliphatic hydroxyl groups is 1. The molecule has 0 aliphatic carbocycles. The Morgan fingerprint density at radius 1 is 1.05 bits per heavy atom. The van der Waals surface area contributed by atoms with E-state index in [9.17, 15) is 24.3 Å². The highest BCUT2D eigenvalue weighted by Gasteiger charge is 2.36. The maximum atomic E-state index is 13.4. The van der Waals surface area contributed by atoms with Crippen molar-refractivity contribution in [2.24, 2.45) is 17.6 Å². The minimum absolute atomic E-state index is 0.0985. The van der Waals surface area contributed by atoms with E-state index in [0.717, 1.165) is 19.3 Å². The molecule has 5 atom stereocenters. The molecular weight excluding hydrogens is 514 g/mol. The molecule has 0 unspecified atom stereocenters. The molecule has 4 N–H and O–H groups in total. The number of aliphatic hydroxyl groups excluding tert-OH is 1. The van der Waals surface area contributed by atoms with Gasteiger partial charge in [0, 0.05) is 33.6 Å². The molecule has 0 spiro atoms. The number of nitrogens with one attached hydrogen (secondary N) is 1. The Balaban J connectivity index is 2.79. The Morgan fingerprint density at radius 3 is 2.17 bits per heavy atom. The zero-order valence-corrected chi connectivity index (χ0v) is 25.1. The van der Waals surface area contributed by atoms with Gasteiger partial charge in [0.05, 0.1) is 19.1 Å². The monoisotopic (exact) mass is 563 g/mol. The second kappa shape index (κ2) is 17.6. The molecule has 0 radical (unpaired) electrons. The predicted octanol–water partition coefficient (Wildman–Crippen LogP) is 1.52. The molecule has 1 heterocycles. The Hall–Kier alpha value is -3.05. The van der Waals surface area contributed by atoms with Gasteiger partial charge in [0.1, 0.15) is 18.1 Å². The standard InChI is InChI=1S/C29H49N5O6/c1-8-22(32-26(36)17-25(35)20(4)10-9-11-21-12-14-31-15-13-21)28(38)34(6)24(18-40-7)29(39)33(5)23(27(30)37)16-19(2)3/h12-15,19-20,22-25,35H,8-11,16-18H2,1-7H3,(H2,30,37)(H,32,36)/t20-,22+,23+,24-,25+/m1/s1. The van der Waals surface area contributed by atoms with Gasteiger partial charge < -0.3 is 30.7 Å². The average molecular weight is 564 g/mol. The van der Waals surface area contributed by atoms with Crippen LogP contribution in [0.5, 0.6) is 0 Å². The van der Waals surface area contributed by atoms with Crippen LogP contribution in [0.3, 0.4) is 0 Å². The summed E-state index contributed by atoms with van der Waals surface area (Å²) < 4.78 is 5.22. The number of rotatable bonds is 18. The van der Waals surface area contributed by atoms with Gasteiger partial charge in [0.15, 0.2) is 0 Å². The van der Waals surface area contributed by atoms with E-state index >= 15 is 0 Å². The molecule has 0 aliphatic rings. The summed E-state index contributed by atoms with van der Waals surface area (Å²) in [5.41, 5.74) is 6.73. The van der Waals surface area contributed by atoms with E-state index in [0.29, 0.717) is 6.42 Å². The third-order valence-electron chi connectivity index (χ3n) is 7.23. The van der Waals surface area contributed by atoms with Crippen molar-refractivity contribution in [2.45, 2.75) is 90.4 Å². The molecule has 0 saturated heterocycles. The molecule has 40 heavy (non-hydrogen) atoms. The van der Waals surface area contributed by atoms with Crippen LogP contribution in [0, 0.1) is 11.8 Å². The van der Waals surface area contributed by atoms with E-state index in [1.54, 1.807) is 19.3 Å². The van der Waals surface area contributed by atoms with Crippen molar-refractivity contribution in [1.29, 1.82) is 0 Å². The minimum atomic E-state index is -1.02. The van der Waals surface area contributed by atoms with Crippen LogP contribution >= 0.6 is 0 Å². The first-order chi connectivity index (χ1) is 18.8. The molecular formula is C29H49N5O6. The highest BCUT2D eigenvalue weighted by Crippen LogP contribution is 2.17. The topological polar surface area (TPSA) is 155 Å². The number of methoxy groups -OCH3 is 1. The fraction of sp³-hybridized carbons (Fsp3) is 0.690. The SMILES string of the molecule is CC[C@H](NC(=O)C[C@H](O)[C@H](C)CCCc1ccncc1)C(=O)N(C)[C@H](COC)C(=O)N(C)[C@@H](CC(C)C)C(N)=O. The first-order valence-electron chi connectivity index (χ1n) is 14.0. The Bertz CT molecular complexity index is 944. The van der Waals surface area contributed by atoms with Crippen molar-refractivity contribution in [3.8, 4) is 0 Å². The summed E-state index contributed by atoms with van der Waals surface area (Å²) in [5, 5.41) is 13.3. The number of ether oxygens (including phenoxy) is 1. The van der Waals surface area contributed by atoms with Gasteiger partial charge in [-0.1, -0.05) is 27.7 Å². The number of likely N-dealkylation sites (N-methyl/N-ethyl adjacent to an activating group) is 2. The maximum Gasteiger partial charge on any atom is 0.248 e. The zero-order chi connectivity index (χ0) is 30.4. The molecule has 0 bridgehead atoms. The Labute approximate surface area is 238 Å². The van der Waals surface area contributed by atoms with E-state index in [-0.39, 0.29) is 31.3 Å². The van der Waals surface area contributed by atoms with Crippen molar-refractivity contribution < 1.29 is 29.0 Å². The first-order valence-corrected chi connectivity index (χ1v) is 14.0. The lowest BCUT2D eigenvalue weighted by atomic mass is 9.94. The minimum Gasteiger partial charge on any atom is -0.392 e. The van der Waals surface area contributed by atoms with Crippen molar-refractivity contribution in [1.82, 2.24) is 20.1 Å². The van der Waals surface area contributed by atoms with Crippen molar-refractivity contribution >= 4 is 23.6 Å². The number of carbonyl (C=O) groups excluding carboxylic acids is 4. The number of aromatic nitrogens is 1. The molecule has 0 saturated carbocycles. The quantitative estimate of drug-likeness (QED) is 0.245. The molecule has 1 aromatic heterocycles. The first kappa shape index (κ1) is 35.0. The van der Waals surface area contributed by atoms with E-state index in [1.165, 1.54) is 36.6 Å². The van der Waals surface area contributed by atoms with Gasteiger partial charge in [-0.05, 0) is 61.6 Å². The lowest BCUT2D eigenvalue weighted by Gasteiger charge is -2.35. The molecule has 0 aliphatic heterocycles. The van der Waals surface area contributed by atoms with Crippen molar-refractivity contribution in [2.75, 3.05) is 27.8 Å². The number of aryl methyl sites for hydroxylation is 1. The third kappa shape index (κ3) is 11.2. The smallest absolute Gasteiger partial charge is 0.248 e. The largest absolute Gasteiger partial charge is 0.392 e. The van der Waals surface area contributed by atoms with Gasteiger partial charge in [-0.3, -0.25) is 24.2 Å². The van der Waals surface area contributed by atoms with E-state index in [2.05, 4.69) is 10.3 Å². The Kier molecular flexibility index (Phi) is 15.4. The van der Waals surface area contributed by atoms with Gasteiger partial charge in [-0.15, -0.1) is 0 Å². The summed E-state index contributed by atoms with van der Waals surface area (Å²) in [6.45, 7) is 7.40. The summed E-state index contributed by atoms with van der Waals surface area (Å²) in [6.07, 6.45) is 5.64. The fourth-order valence-corrected chi connectivity index (χ4v) is 4.56. The molecule has 0 aromatic carbocycles. The number of hydrogen-bond acceptors (Lipinski definition) is 7. The number of amides is 4. The van der Waals surface area contributed by atoms with Crippen LogP contribution in [0.15, 0.2) is 24.5 Å². The van der Waals surface area contributed by atoms with Crippen LogP contribution in [0.2, 0.25) is 0 Å². The van der Waals surface area contributed by atoms with Crippen LogP contribution in [-0.4, -0.2) is 95.6 Å². The number of pyridine rings is 1. The van der Waals surface area contributed by atoms with Gasteiger partial charge in [-0.25, -0.2) is 0 Å². The van der Waals surface area contributed by atoms with Gasteiger partial charge in [-0.2, -0.15) is 0 Å². The van der Waals surface area contributed by atoms with Crippen LogP contribution in [0.1, 0.15) is 65.4 Å². The summed E-state index contributed by atoms with van der Waals surface area (Å²) in [5.74, 6) is -2.02. The highest BCUT2D eigenvalue weighted by molar-refractivity contribution is 5.94. The second-order valence-corrected chi connectivity index (χ2v) is 10.9. The normalized spacial score (nSPS) is 15.0. The molecule has 226 valence electrons. The van der Waals surface area contributed by atoms with E-state index in [4.69, 9.17) is 10.5 Å². The molecule has 0 fully saturated rings. The number of nitrogens with two attached hydrogens (primary N) is 1. The summed E-state index contributed by atoms with van der Waals surface area (Å²) in [7, 11) is 4.37. The van der Waals surface area contributed by atoms with Crippen LogP contribution in [0.25, 0.3) is 0 Å². The number of hydrogen-bond donors (Lipinski definition) is 3. The van der Waals surface area contributed by atoms with Gasteiger partial charge >= 0.3 is 0 Å². The predicted molar refractivity (Wildman–Crippen MR) is 153 cm³/mol. The average Bonchev–Trinajstić information content (AvgIpc) is 2.92. The molecule has 4 amide bonds. The molecule has 1 rings (SSSR count). The van der Waals surface area contributed by atoms with E-state index in [1.807, 2.05) is 32.9 Å². The summed E-state index contributed by atoms with van der Waals surface area (Å²) in [4.78, 5) is 58.0. The molecule has 11 nitrogen and oxygen atoms in total. The number of primary amides is 1. The zero-order valence-electron chi connectivity index (χ0n) is 25.1. The van der Waals surface area contributed by atoms with Crippen LogP contribution < -0.4 is 11.1 Å². The second-order valence-electron chi connectivity index (χ2n) is 10.9. The molecule has 1 aromatic rings. The summed E-state index contributed by atoms with van der Waals surface area (Å²) in [6, 6.07) is 1.17. The Morgan fingerprint density at radius 2 is 1.65 bits per heavy atom. The lowest BCUT2D eigenvalue weighted by molar-refractivity contribution is -0.150. The summed E-state index contributed by atoms with van der Waals surface area (Å²) >= 11 is 0.